The second-order valence-corrected chi connectivity index (χ2v) is 9.84. The van der Waals surface area contributed by atoms with Gasteiger partial charge in [0.05, 0.1) is 34.7 Å². The molecule has 0 unspecified atom stereocenters. The van der Waals surface area contributed by atoms with E-state index in [1.807, 2.05) is 13.8 Å². The summed E-state index contributed by atoms with van der Waals surface area (Å²) in [6, 6.07) is 4.64. The number of thioether (sulfide) groups is 1. The Labute approximate surface area is 198 Å². The minimum Gasteiger partial charge on any atom is -0.465 e. The summed E-state index contributed by atoms with van der Waals surface area (Å²) in [6.07, 6.45) is 1.82. The van der Waals surface area contributed by atoms with Gasteiger partial charge in [-0.25, -0.2) is 14.8 Å². The van der Waals surface area contributed by atoms with Crippen LogP contribution in [0.2, 0.25) is 0 Å². The van der Waals surface area contributed by atoms with E-state index in [-0.39, 0.29) is 11.1 Å². The number of rotatable bonds is 7. The van der Waals surface area contributed by atoms with Gasteiger partial charge in [-0.15, -0.1) is 11.3 Å². The van der Waals surface area contributed by atoms with Crippen LogP contribution in [0.3, 0.4) is 0 Å². The standard InChI is InChI=1S/C23H24N4O4S2/c1-5-6-9-27-21(29)18-12(2)13(3)33-20(18)26-23(27)32-11-17-24-16-10-14(22(30)31-4)7-8-15(16)19(28)25-17/h7-8,10H,5-6,9,11H2,1-4H3,(H,24,25,28). The van der Waals surface area contributed by atoms with E-state index in [4.69, 9.17) is 9.72 Å². The topological polar surface area (TPSA) is 107 Å². The molecule has 1 N–H and O–H groups in total. The molecule has 10 heteroatoms. The molecule has 0 aliphatic heterocycles. The molecule has 0 spiro atoms. The van der Waals surface area contributed by atoms with Crippen molar-refractivity contribution in [1.82, 2.24) is 19.5 Å². The first-order valence-electron chi connectivity index (χ1n) is 10.6. The van der Waals surface area contributed by atoms with Crippen molar-refractivity contribution in [2.45, 2.75) is 51.1 Å². The number of nitrogens with zero attached hydrogens (tertiary/aromatic N) is 3. The number of aromatic nitrogens is 4. The van der Waals surface area contributed by atoms with Gasteiger partial charge < -0.3 is 9.72 Å². The lowest BCUT2D eigenvalue weighted by Gasteiger charge is -2.12. The van der Waals surface area contributed by atoms with E-state index in [1.165, 1.54) is 36.3 Å². The maximum absolute atomic E-state index is 13.3. The summed E-state index contributed by atoms with van der Waals surface area (Å²) in [4.78, 5) is 51.6. The smallest absolute Gasteiger partial charge is 0.337 e. The van der Waals surface area contributed by atoms with Gasteiger partial charge in [-0.2, -0.15) is 0 Å². The van der Waals surface area contributed by atoms with Gasteiger partial charge in [-0.05, 0) is 44.0 Å². The Balaban J connectivity index is 1.72. The van der Waals surface area contributed by atoms with Crippen LogP contribution >= 0.6 is 23.1 Å². The zero-order valence-electron chi connectivity index (χ0n) is 18.9. The van der Waals surface area contributed by atoms with Crippen LogP contribution in [0.5, 0.6) is 0 Å². The third-order valence-electron chi connectivity index (χ3n) is 5.50. The van der Waals surface area contributed by atoms with Crippen molar-refractivity contribution in [2.24, 2.45) is 0 Å². The van der Waals surface area contributed by atoms with Gasteiger partial charge in [0.25, 0.3) is 11.1 Å². The summed E-state index contributed by atoms with van der Waals surface area (Å²) in [6.45, 7) is 6.62. The number of carbonyl (C=O) groups is 1. The molecule has 0 aliphatic carbocycles. The highest BCUT2D eigenvalue weighted by molar-refractivity contribution is 7.98. The molecular formula is C23H24N4O4S2. The fourth-order valence-electron chi connectivity index (χ4n) is 3.57. The Kier molecular flexibility index (Phi) is 6.66. The molecule has 0 saturated heterocycles. The third kappa shape index (κ3) is 4.45. The first-order chi connectivity index (χ1) is 15.8. The highest BCUT2D eigenvalue weighted by Crippen LogP contribution is 2.29. The Hall–Kier alpha value is -2.98. The molecule has 33 heavy (non-hydrogen) atoms. The maximum Gasteiger partial charge on any atom is 0.337 e. The third-order valence-corrected chi connectivity index (χ3v) is 7.59. The molecule has 0 fully saturated rings. The maximum atomic E-state index is 13.3. The molecule has 172 valence electrons. The molecule has 0 saturated carbocycles. The van der Waals surface area contributed by atoms with Crippen molar-refractivity contribution in [2.75, 3.05) is 7.11 Å². The van der Waals surface area contributed by atoms with Crippen LogP contribution in [0, 0.1) is 13.8 Å². The Bertz CT molecular complexity index is 1490. The Morgan fingerprint density at radius 1 is 1.24 bits per heavy atom. The van der Waals surface area contributed by atoms with Crippen LogP contribution in [-0.4, -0.2) is 32.6 Å². The number of H-pyrrole nitrogens is 1. The van der Waals surface area contributed by atoms with E-state index >= 15 is 0 Å². The average Bonchev–Trinajstić information content (AvgIpc) is 3.09. The summed E-state index contributed by atoms with van der Waals surface area (Å²) in [7, 11) is 1.30. The number of carbonyl (C=O) groups excluding carboxylic acids is 1. The zero-order valence-corrected chi connectivity index (χ0v) is 20.5. The molecule has 4 aromatic rings. The van der Waals surface area contributed by atoms with E-state index in [0.29, 0.717) is 45.1 Å². The SMILES string of the molecule is CCCCn1c(SCc2nc3cc(C(=O)OC)ccc3c(=O)[nH]2)nc2sc(C)c(C)c2c1=O. The quantitative estimate of drug-likeness (QED) is 0.238. The number of benzene rings is 1. The number of hydrogen-bond donors (Lipinski definition) is 1. The number of fused-ring (bicyclic) bond motifs is 2. The number of ether oxygens (including phenoxy) is 1. The lowest BCUT2D eigenvalue weighted by atomic mass is 10.1. The first-order valence-corrected chi connectivity index (χ1v) is 12.4. The summed E-state index contributed by atoms with van der Waals surface area (Å²) in [5, 5.41) is 1.68. The minimum absolute atomic E-state index is 0.0273. The second kappa shape index (κ2) is 9.48. The van der Waals surface area contributed by atoms with E-state index in [0.717, 1.165) is 28.1 Å². The molecule has 3 heterocycles. The van der Waals surface area contributed by atoms with E-state index in [2.05, 4.69) is 16.9 Å². The molecule has 4 rings (SSSR count). The molecule has 0 radical (unpaired) electrons. The second-order valence-electron chi connectivity index (χ2n) is 7.69. The monoisotopic (exact) mass is 484 g/mol. The molecular weight excluding hydrogens is 460 g/mol. The summed E-state index contributed by atoms with van der Waals surface area (Å²) in [5.41, 5.74) is 1.40. The Morgan fingerprint density at radius 2 is 2.03 bits per heavy atom. The molecule has 0 aliphatic rings. The summed E-state index contributed by atoms with van der Waals surface area (Å²) < 4.78 is 6.48. The van der Waals surface area contributed by atoms with E-state index in [9.17, 15) is 14.4 Å². The lowest BCUT2D eigenvalue weighted by molar-refractivity contribution is 0.0601. The van der Waals surface area contributed by atoms with Crippen molar-refractivity contribution < 1.29 is 9.53 Å². The fraction of sp³-hybridized carbons (Fsp3) is 0.348. The number of methoxy groups -OCH3 is 1. The van der Waals surface area contributed by atoms with E-state index < -0.39 is 5.97 Å². The van der Waals surface area contributed by atoms with Crippen LogP contribution in [0.1, 0.15) is 46.4 Å². The highest BCUT2D eigenvalue weighted by Gasteiger charge is 2.17. The molecule has 0 atom stereocenters. The van der Waals surface area contributed by atoms with Crippen molar-refractivity contribution in [3.05, 3.63) is 60.7 Å². The lowest BCUT2D eigenvalue weighted by Crippen LogP contribution is -2.23. The predicted molar refractivity (Wildman–Crippen MR) is 132 cm³/mol. The van der Waals surface area contributed by atoms with Crippen LogP contribution in [0.25, 0.3) is 21.1 Å². The number of hydrogen-bond acceptors (Lipinski definition) is 8. The van der Waals surface area contributed by atoms with Crippen molar-refractivity contribution >= 4 is 50.2 Å². The van der Waals surface area contributed by atoms with Gasteiger partial charge >= 0.3 is 5.97 Å². The largest absolute Gasteiger partial charge is 0.465 e. The van der Waals surface area contributed by atoms with Gasteiger partial charge in [0, 0.05) is 11.4 Å². The number of esters is 1. The van der Waals surface area contributed by atoms with Crippen molar-refractivity contribution in [1.29, 1.82) is 0 Å². The van der Waals surface area contributed by atoms with Gasteiger partial charge in [0.2, 0.25) is 0 Å². The number of unbranched alkanes of at least 4 members (excludes halogenated alkanes) is 1. The van der Waals surface area contributed by atoms with Crippen LogP contribution in [0.15, 0.2) is 32.9 Å². The predicted octanol–water partition coefficient (Wildman–Crippen LogP) is 4.19. The van der Waals surface area contributed by atoms with Gasteiger partial charge in [0.1, 0.15) is 10.7 Å². The minimum atomic E-state index is -0.492. The van der Waals surface area contributed by atoms with Crippen molar-refractivity contribution in [3.8, 4) is 0 Å². The fourth-order valence-corrected chi connectivity index (χ4v) is 5.53. The van der Waals surface area contributed by atoms with Gasteiger partial charge in [-0.1, -0.05) is 25.1 Å². The summed E-state index contributed by atoms with van der Waals surface area (Å²) >= 11 is 2.88. The highest BCUT2D eigenvalue weighted by atomic mass is 32.2. The van der Waals surface area contributed by atoms with Crippen molar-refractivity contribution in [3.63, 3.8) is 0 Å². The van der Waals surface area contributed by atoms with Gasteiger partial charge in [0.15, 0.2) is 5.16 Å². The number of nitrogens with one attached hydrogen (secondary N) is 1. The summed E-state index contributed by atoms with van der Waals surface area (Å²) in [5.74, 6) is 0.268. The van der Waals surface area contributed by atoms with Crippen LogP contribution in [-0.2, 0) is 17.0 Å². The molecule has 8 nitrogen and oxygen atoms in total. The normalized spacial score (nSPS) is 11.4. The average molecular weight is 485 g/mol. The number of aryl methyl sites for hydroxylation is 2. The molecule has 3 aromatic heterocycles. The number of aromatic amines is 1. The number of thiophene rings is 1. The molecule has 1 aromatic carbocycles. The van der Waals surface area contributed by atoms with E-state index in [1.54, 1.807) is 16.7 Å². The first kappa shape index (κ1) is 23.2. The Morgan fingerprint density at radius 3 is 2.76 bits per heavy atom. The van der Waals surface area contributed by atoms with Crippen LogP contribution in [0.4, 0.5) is 0 Å². The zero-order chi connectivity index (χ0) is 23.7. The molecule has 0 bridgehead atoms. The van der Waals surface area contributed by atoms with Crippen LogP contribution < -0.4 is 11.1 Å². The molecule has 0 amide bonds. The van der Waals surface area contributed by atoms with Gasteiger partial charge in [-0.3, -0.25) is 14.2 Å².